The van der Waals surface area contributed by atoms with Crippen molar-refractivity contribution in [2.24, 2.45) is 0 Å². The largest absolute Gasteiger partial charge is 0.343 e. The van der Waals surface area contributed by atoms with Crippen LogP contribution < -0.4 is 5.32 Å². The molecule has 0 spiro atoms. The number of carbonyl (C=O) groups is 1. The Morgan fingerprint density at radius 2 is 2.05 bits per heavy atom. The molecular weight excluding hydrogens is 287 g/mol. The number of benzene rings is 1. The van der Waals surface area contributed by atoms with Crippen LogP contribution in [0.3, 0.4) is 0 Å². The van der Waals surface area contributed by atoms with Gasteiger partial charge in [0.1, 0.15) is 5.82 Å². The maximum absolute atomic E-state index is 13.1. The van der Waals surface area contributed by atoms with Crippen molar-refractivity contribution in [1.82, 2.24) is 20.4 Å². The fourth-order valence-corrected chi connectivity index (χ4v) is 1.83. The van der Waals surface area contributed by atoms with Crippen molar-refractivity contribution >= 4 is 5.91 Å². The lowest BCUT2D eigenvalue weighted by Crippen LogP contribution is -2.23. The number of nitrogens with zero attached hydrogens (tertiary/aromatic N) is 3. The normalized spacial score (nSPS) is 10.4. The van der Waals surface area contributed by atoms with Crippen LogP contribution in [0.4, 0.5) is 4.39 Å². The minimum atomic E-state index is -0.467. The second-order valence-electron chi connectivity index (χ2n) is 4.44. The fraction of sp³-hybridized carbons (Fsp3) is 0.0667. The molecule has 2 aromatic heterocycles. The van der Waals surface area contributed by atoms with E-state index >= 15 is 0 Å². The van der Waals surface area contributed by atoms with Gasteiger partial charge in [-0.15, -0.1) is 0 Å². The minimum Gasteiger partial charge on any atom is -0.343 e. The maximum atomic E-state index is 13.1. The number of rotatable bonds is 4. The Morgan fingerprint density at radius 3 is 2.82 bits per heavy atom. The molecule has 7 heteroatoms. The van der Waals surface area contributed by atoms with Gasteiger partial charge in [-0.1, -0.05) is 11.2 Å². The van der Waals surface area contributed by atoms with Crippen molar-refractivity contribution in [3.05, 3.63) is 66.1 Å². The third-order valence-corrected chi connectivity index (χ3v) is 2.89. The number of amides is 1. The standard InChI is InChI=1S/C15H11FN4O2/c16-12-3-1-2-11(8-12)15(21)18-9-13-19-14(20-22-13)10-4-6-17-7-5-10/h1-8H,9H2,(H,18,21). The second-order valence-corrected chi connectivity index (χ2v) is 4.44. The summed E-state index contributed by atoms with van der Waals surface area (Å²) in [5.41, 5.74) is 0.996. The van der Waals surface area contributed by atoms with Crippen molar-refractivity contribution in [2.45, 2.75) is 6.54 Å². The highest BCUT2D eigenvalue weighted by molar-refractivity contribution is 5.94. The monoisotopic (exact) mass is 298 g/mol. The first-order valence-electron chi connectivity index (χ1n) is 6.49. The smallest absolute Gasteiger partial charge is 0.251 e. The molecule has 3 aromatic rings. The molecule has 110 valence electrons. The lowest BCUT2D eigenvalue weighted by molar-refractivity contribution is 0.0946. The molecule has 0 saturated carbocycles. The third-order valence-electron chi connectivity index (χ3n) is 2.89. The topological polar surface area (TPSA) is 80.9 Å². The molecule has 1 aromatic carbocycles. The Hall–Kier alpha value is -3.09. The first-order chi connectivity index (χ1) is 10.7. The van der Waals surface area contributed by atoms with Gasteiger partial charge in [-0.3, -0.25) is 9.78 Å². The van der Waals surface area contributed by atoms with Gasteiger partial charge in [0.15, 0.2) is 0 Å². The van der Waals surface area contributed by atoms with Crippen LogP contribution >= 0.6 is 0 Å². The van der Waals surface area contributed by atoms with Crippen molar-refractivity contribution in [1.29, 1.82) is 0 Å². The summed E-state index contributed by atoms with van der Waals surface area (Å²) in [5.74, 6) is -0.206. The molecule has 0 atom stereocenters. The predicted octanol–water partition coefficient (Wildman–Crippen LogP) is 2.20. The van der Waals surface area contributed by atoms with Gasteiger partial charge < -0.3 is 9.84 Å². The Balaban J connectivity index is 1.65. The fourth-order valence-electron chi connectivity index (χ4n) is 1.83. The summed E-state index contributed by atoms with van der Waals surface area (Å²) >= 11 is 0. The minimum absolute atomic E-state index is 0.0629. The quantitative estimate of drug-likeness (QED) is 0.798. The average molecular weight is 298 g/mol. The molecule has 0 aliphatic carbocycles. The summed E-state index contributed by atoms with van der Waals surface area (Å²) in [4.78, 5) is 19.9. The van der Waals surface area contributed by atoms with Gasteiger partial charge >= 0.3 is 0 Å². The molecule has 1 amide bonds. The number of hydrogen-bond donors (Lipinski definition) is 1. The van der Waals surface area contributed by atoms with Crippen LogP contribution in [0.25, 0.3) is 11.4 Å². The summed E-state index contributed by atoms with van der Waals surface area (Å²) in [7, 11) is 0. The summed E-state index contributed by atoms with van der Waals surface area (Å²) in [6, 6.07) is 8.92. The molecule has 22 heavy (non-hydrogen) atoms. The van der Waals surface area contributed by atoms with E-state index in [0.29, 0.717) is 5.82 Å². The Labute approximate surface area is 125 Å². The van der Waals surface area contributed by atoms with E-state index in [0.717, 1.165) is 11.6 Å². The second kappa shape index (κ2) is 6.13. The van der Waals surface area contributed by atoms with Crippen LogP contribution in [0.1, 0.15) is 16.2 Å². The van der Waals surface area contributed by atoms with Crippen LogP contribution in [0.15, 0.2) is 53.3 Å². The SMILES string of the molecule is O=C(NCc1nc(-c2ccncc2)no1)c1cccc(F)c1. The van der Waals surface area contributed by atoms with Crippen LogP contribution in [0.2, 0.25) is 0 Å². The molecule has 0 saturated heterocycles. The molecule has 0 aliphatic heterocycles. The first-order valence-corrected chi connectivity index (χ1v) is 6.49. The van der Waals surface area contributed by atoms with Gasteiger partial charge in [-0.05, 0) is 30.3 Å². The van der Waals surface area contributed by atoms with Crippen LogP contribution in [0, 0.1) is 5.82 Å². The number of halogens is 1. The molecule has 2 heterocycles. The van der Waals surface area contributed by atoms with Gasteiger partial charge in [0.25, 0.3) is 5.91 Å². The summed E-state index contributed by atoms with van der Waals surface area (Å²) < 4.78 is 18.1. The van der Waals surface area contributed by atoms with Gasteiger partial charge in [0.2, 0.25) is 11.7 Å². The Kier molecular flexibility index (Phi) is 3.86. The molecule has 1 N–H and O–H groups in total. The van der Waals surface area contributed by atoms with Crippen LogP contribution in [0.5, 0.6) is 0 Å². The summed E-state index contributed by atoms with van der Waals surface area (Å²) in [6.07, 6.45) is 3.24. The maximum Gasteiger partial charge on any atom is 0.251 e. The highest BCUT2D eigenvalue weighted by Crippen LogP contribution is 2.13. The third kappa shape index (κ3) is 3.14. The molecule has 0 fully saturated rings. The van der Waals surface area contributed by atoms with E-state index in [-0.39, 0.29) is 18.0 Å². The van der Waals surface area contributed by atoms with E-state index in [1.165, 1.54) is 18.2 Å². The van der Waals surface area contributed by atoms with Gasteiger partial charge in [-0.25, -0.2) is 4.39 Å². The molecule has 6 nitrogen and oxygen atoms in total. The zero-order valence-corrected chi connectivity index (χ0v) is 11.4. The van der Waals surface area contributed by atoms with E-state index in [2.05, 4.69) is 20.4 Å². The van der Waals surface area contributed by atoms with Gasteiger partial charge in [0, 0.05) is 23.5 Å². The number of hydrogen-bond acceptors (Lipinski definition) is 5. The summed E-state index contributed by atoms with van der Waals surface area (Å²) in [5, 5.41) is 6.42. The molecule has 0 unspecified atom stereocenters. The predicted molar refractivity (Wildman–Crippen MR) is 75.1 cm³/mol. The highest BCUT2D eigenvalue weighted by atomic mass is 19.1. The van der Waals surface area contributed by atoms with Crippen LogP contribution in [-0.2, 0) is 6.54 Å². The molecular formula is C15H11FN4O2. The lowest BCUT2D eigenvalue weighted by Gasteiger charge is -2.01. The number of carbonyl (C=O) groups excluding carboxylic acids is 1. The zero-order valence-electron chi connectivity index (χ0n) is 11.4. The molecule has 0 bridgehead atoms. The molecule has 0 aliphatic rings. The number of pyridine rings is 1. The van der Waals surface area contributed by atoms with Gasteiger partial charge in [-0.2, -0.15) is 4.98 Å². The van der Waals surface area contributed by atoms with Gasteiger partial charge in [0.05, 0.1) is 6.54 Å². The first kappa shape index (κ1) is 13.9. The van der Waals surface area contributed by atoms with E-state index in [4.69, 9.17) is 4.52 Å². The number of aromatic nitrogens is 3. The van der Waals surface area contributed by atoms with Crippen molar-refractivity contribution in [3.8, 4) is 11.4 Å². The molecule has 0 radical (unpaired) electrons. The summed E-state index contributed by atoms with van der Waals surface area (Å²) in [6.45, 7) is 0.0629. The zero-order chi connectivity index (χ0) is 15.4. The molecule has 3 rings (SSSR count). The van der Waals surface area contributed by atoms with Crippen molar-refractivity contribution < 1.29 is 13.7 Å². The van der Waals surface area contributed by atoms with E-state index in [1.54, 1.807) is 24.5 Å². The van der Waals surface area contributed by atoms with Crippen LogP contribution in [-0.4, -0.2) is 21.0 Å². The Bertz CT molecular complexity index is 789. The van der Waals surface area contributed by atoms with Crippen molar-refractivity contribution in [2.75, 3.05) is 0 Å². The number of nitrogens with one attached hydrogen (secondary N) is 1. The van der Waals surface area contributed by atoms with E-state index in [9.17, 15) is 9.18 Å². The Morgan fingerprint density at radius 1 is 1.23 bits per heavy atom. The highest BCUT2D eigenvalue weighted by Gasteiger charge is 2.11. The van der Waals surface area contributed by atoms with E-state index < -0.39 is 11.7 Å². The van der Waals surface area contributed by atoms with Crippen molar-refractivity contribution in [3.63, 3.8) is 0 Å². The van der Waals surface area contributed by atoms with E-state index in [1.807, 2.05) is 0 Å². The average Bonchev–Trinajstić information content (AvgIpc) is 3.02. The lowest BCUT2D eigenvalue weighted by atomic mass is 10.2.